The number of rotatable bonds is 6. The van der Waals surface area contributed by atoms with E-state index < -0.39 is 0 Å². The number of likely N-dealkylation sites (tertiary alicyclic amines) is 1. The summed E-state index contributed by atoms with van der Waals surface area (Å²) >= 11 is 5.35. The van der Waals surface area contributed by atoms with E-state index in [2.05, 4.69) is 44.7 Å². The van der Waals surface area contributed by atoms with Crippen LogP contribution in [0.15, 0.2) is 54.6 Å². The molecule has 0 spiro atoms. The molecule has 3 aromatic rings. The van der Waals surface area contributed by atoms with Crippen molar-refractivity contribution in [2.45, 2.75) is 32.5 Å². The highest BCUT2D eigenvalue weighted by atomic mass is 32.1. The number of hydrogen-bond acceptors (Lipinski definition) is 4. The van der Waals surface area contributed by atoms with Gasteiger partial charge >= 0.3 is 0 Å². The second kappa shape index (κ2) is 8.71. The van der Waals surface area contributed by atoms with E-state index in [1.54, 1.807) is 4.57 Å². The largest absolute Gasteiger partial charge is 0.350 e. The molecule has 4 rings (SSSR count). The number of aromatic nitrogens is 3. The van der Waals surface area contributed by atoms with E-state index in [9.17, 15) is 4.79 Å². The van der Waals surface area contributed by atoms with Crippen molar-refractivity contribution in [1.82, 2.24) is 25.0 Å². The maximum Gasteiger partial charge on any atom is 0.240 e. The molecular weight excluding hydrogens is 382 g/mol. The first-order valence-corrected chi connectivity index (χ1v) is 10.3. The van der Waals surface area contributed by atoms with Crippen LogP contribution >= 0.6 is 12.2 Å². The summed E-state index contributed by atoms with van der Waals surface area (Å²) < 4.78 is 2.21. The molecule has 1 saturated heterocycles. The lowest BCUT2D eigenvalue weighted by molar-refractivity contribution is -0.122. The van der Waals surface area contributed by atoms with Crippen LogP contribution in [0.25, 0.3) is 11.4 Å². The molecule has 0 aliphatic carbocycles. The number of hydrogen-bond donors (Lipinski definition) is 2. The van der Waals surface area contributed by atoms with Crippen molar-refractivity contribution in [2.24, 2.45) is 0 Å². The zero-order valence-electron chi connectivity index (χ0n) is 16.5. The quantitative estimate of drug-likeness (QED) is 0.616. The average molecular weight is 408 g/mol. The molecule has 1 atom stereocenters. The zero-order chi connectivity index (χ0) is 20.2. The number of benzene rings is 2. The van der Waals surface area contributed by atoms with Gasteiger partial charge < -0.3 is 5.32 Å². The summed E-state index contributed by atoms with van der Waals surface area (Å²) in [5, 5.41) is 10.3. The van der Waals surface area contributed by atoms with Crippen molar-refractivity contribution in [3.05, 3.63) is 70.5 Å². The number of carbonyl (C=O) groups is 1. The number of H-pyrrole nitrogens is 1. The van der Waals surface area contributed by atoms with Crippen molar-refractivity contribution < 1.29 is 4.79 Å². The first kappa shape index (κ1) is 19.5. The van der Waals surface area contributed by atoms with Crippen LogP contribution in [0.4, 0.5) is 0 Å². The van der Waals surface area contributed by atoms with E-state index in [0.29, 0.717) is 10.6 Å². The fraction of sp³-hybridized carbons (Fsp3) is 0.318. The maximum absolute atomic E-state index is 12.7. The molecule has 150 valence electrons. The molecule has 1 aromatic heterocycles. The van der Waals surface area contributed by atoms with Gasteiger partial charge in [0.2, 0.25) is 5.91 Å². The van der Waals surface area contributed by atoms with Gasteiger partial charge in [-0.05, 0) is 31.1 Å². The number of nitrogens with zero attached hydrogens (tertiary/aromatic N) is 3. The first-order chi connectivity index (χ1) is 14.1. The second-order valence-corrected chi connectivity index (χ2v) is 7.97. The van der Waals surface area contributed by atoms with Gasteiger partial charge in [-0.2, -0.15) is 5.10 Å². The molecule has 0 radical (unpaired) electrons. The molecular formula is C22H25N5OS. The van der Waals surface area contributed by atoms with Crippen molar-refractivity contribution in [3.63, 3.8) is 0 Å². The lowest BCUT2D eigenvalue weighted by atomic mass is 10.1. The Morgan fingerprint density at radius 2 is 1.97 bits per heavy atom. The molecule has 2 aromatic carbocycles. The van der Waals surface area contributed by atoms with Crippen molar-refractivity contribution in [2.75, 3.05) is 13.1 Å². The Balaban J connectivity index is 1.36. The van der Waals surface area contributed by atoms with Gasteiger partial charge in [0.15, 0.2) is 10.6 Å². The molecule has 1 amide bonds. The van der Waals surface area contributed by atoms with Crippen molar-refractivity contribution in [1.29, 1.82) is 0 Å². The first-order valence-electron chi connectivity index (χ1n) is 9.86. The molecule has 1 aliphatic rings. The Bertz CT molecular complexity index is 1030. The Morgan fingerprint density at radius 1 is 1.21 bits per heavy atom. The highest BCUT2D eigenvalue weighted by molar-refractivity contribution is 7.71. The summed E-state index contributed by atoms with van der Waals surface area (Å²) in [7, 11) is 0. The van der Waals surface area contributed by atoms with E-state index in [1.807, 2.05) is 37.3 Å². The molecule has 2 N–H and O–H groups in total. The molecule has 0 saturated carbocycles. The number of aryl methyl sites for hydroxylation is 1. The summed E-state index contributed by atoms with van der Waals surface area (Å²) in [5.74, 6) is 0.643. The molecule has 7 heteroatoms. The minimum atomic E-state index is -0.0394. The van der Waals surface area contributed by atoms with E-state index >= 15 is 0 Å². The van der Waals surface area contributed by atoms with Crippen molar-refractivity contribution >= 4 is 18.1 Å². The van der Waals surface area contributed by atoms with Gasteiger partial charge in [-0.3, -0.25) is 19.4 Å². The van der Waals surface area contributed by atoms with Crippen LogP contribution in [0, 0.1) is 11.7 Å². The van der Waals surface area contributed by atoms with Gasteiger partial charge in [0, 0.05) is 31.2 Å². The maximum atomic E-state index is 12.7. The molecule has 1 fully saturated rings. The van der Waals surface area contributed by atoms with Crippen LogP contribution < -0.4 is 5.32 Å². The van der Waals surface area contributed by atoms with Gasteiger partial charge in [-0.15, -0.1) is 0 Å². The number of nitrogens with one attached hydrogen (secondary N) is 2. The molecule has 0 bridgehead atoms. The molecule has 2 heterocycles. The summed E-state index contributed by atoms with van der Waals surface area (Å²) in [5.41, 5.74) is 3.41. The molecule has 6 nitrogen and oxygen atoms in total. The summed E-state index contributed by atoms with van der Waals surface area (Å²) in [4.78, 5) is 15.1. The monoisotopic (exact) mass is 407 g/mol. The highest BCUT2D eigenvalue weighted by Gasteiger charge is 2.24. The van der Waals surface area contributed by atoms with Crippen LogP contribution in [-0.2, 0) is 17.9 Å². The summed E-state index contributed by atoms with van der Waals surface area (Å²) in [6.45, 7) is 4.96. The second-order valence-electron chi connectivity index (χ2n) is 7.58. The zero-order valence-corrected chi connectivity index (χ0v) is 17.3. The highest BCUT2D eigenvalue weighted by Crippen LogP contribution is 2.18. The lowest BCUT2D eigenvalue weighted by Gasteiger charge is -2.17. The standard InChI is InChI=1S/C22H25N5OS/c1-16-7-9-18(10-8-16)21-24-25-22(29)27(21)15-20(28)23-19-11-12-26(14-19)13-17-5-3-2-4-6-17/h2-10,19H,11-15H2,1H3,(H,23,28)(H,25,29). The predicted molar refractivity (Wildman–Crippen MR) is 116 cm³/mol. The van der Waals surface area contributed by atoms with Crippen LogP contribution in [0.1, 0.15) is 17.5 Å². The van der Waals surface area contributed by atoms with Gasteiger partial charge in [-0.1, -0.05) is 60.2 Å². The van der Waals surface area contributed by atoms with Crippen LogP contribution in [0.2, 0.25) is 0 Å². The van der Waals surface area contributed by atoms with E-state index in [1.165, 1.54) is 11.1 Å². The van der Waals surface area contributed by atoms with E-state index in [-0.39, 0.29) is 18.5 Å². The van der Waals surface area contributed by atoms with Gasteiger partial charge in [0.05, 0.1) is 0 Å². The molecule has 29 heavy (non-hydrogen) atoms. The third kappa shape index (κ3) is 4.81. The fourth-order valence-corrected chi connectivity index (χ4v) is 3.94. The normalized spacial score (nSPS) is 16.8. The Kier molecular flexibility index (Phi) is 5.87. The van der Waals surface area contributed by atoms with Crippen LogP contribution in [0.5, 0.6) is 0 Å². The lowest BCUT2D eigenvalue weighted by Crippen LogP contribution is -2.39. The molecule has 1 aliphatic heterocycles. The van der Waals surface area contributed by atoms with Gasteiger partial charge in [0.25, 0.3) is 0 Å². The van der Waals surface area contributed by atoms with Crippen LogP contribution in [0.3, 0.4) is 0 Å². The fourth-order valence-electron chi connectivity index (χ4n) is 3.74. The topological polar surface area (TPSA) is 66.0 Å². The van der Waals surface area contributed by atoms with E-state index in [0.717, 1.165) is 31.6 Å². The Morgan fingerprint density at radius 3 is 2.72 bits per heavy atom. The smallest absolute Gasteiger partial charge is 0.240 e. The SMILES string of the molecule is Cc1ccc(-c2n[nH]c(=S)n2CC(=O)NC2CCN(Cc3ccccc3)C2)cc1. The minimum absolute atomic E-state index is 0.0394. The molecule has 1 unspecified atom stereocenters. The Hall–Kier alpha value is -2.77. The van der Waals surface area contributed by atoms with Gasteiger partial charge in [0.1, 0.15) is 6.54 Å². The van der Waals surface area contributed by atoms with E-state index in [4.69, 9.17) is 12.2 Å². The minimum Gasteiger partial charge on any atom is -0.350 e. The summed E-state index contributed by atoms with van der Waals surface area (Å²) in [6.07, 6.45) is 0.959. The summed E-state index contributed by atoms with van der Waals surface area (Å²) in [6, 6.07) is 18.6. The number of amides is 1. The van der Waals surface area contributed by atoms with Gasteiger partial charge in [-0.25, -0.2) is 0 Å². The average Bonchev–Trinajstić information content (AvgIpc) is 3.30. The third-order valence-electron chi connectivity index (χ3n) is 5.26. The third-order valence-corrected chi connectivity index (χ3v) is 5.57. The van der Waals surface area contributed by atoms with Crippen LogP contribution in [-0.4, -0.2) is 44.7 Å². The predicted octanol–water partition coefficient (Wildman–Crippen LogP) is 3.31. The number of carbonyl (C=O) groups excluding carboxylic acids is 1. The number of aromatic amines is 1. The Labute approximate surface area is 175 Å². The van der Waals surface area contributed by atoms with Crippen molar-refractivity contribution in [3.8, 4) is 11.4 Å².